The largest absolute Gasteiger partial charge is 0.469 e. The molecule has 16 heavy (non-hydrogen) atoms. The molecule has 1 aromatic rings. The number of nitrogens with zero attached hydrogens (tertiary/aromatic N) is 2. The average Bonchev–Trinajstić information content (AvgIpc) is 2.72. The smallest absolute Gasteiger partial charge is 0.310 e. The molecule has 1 unspecified atom stereocenters. The van der Waals surface area contributed by atoms with E-state index in [1.807, 2.05) is 13.3 Å². The van der Waals surface area contributed by atoms with Crippen LogP contribution in [-0.4, -0.2) is 22.6 Å². The fourth-order valence-corrected chi connectivity index (χ4v) is 2.26. The molecule has 1 atom stereocenters. The molecule has 0 aliphatic heterocycles. The molecule has 0 spiro atoms. The van der Waals surface area contributed by atoms with E-state index in [0.717, 1.165) is 12.8 Å². The van der Waals surface area contributed by atoms with Gasteiger partial charge in [-0.1, -0.05) is 6.92 Å². The van der Waals surface area contributed by atoms with E-state index in [9.17, 15) is 4.79 Å². The number of aromatic nitrogens is 2. The Morgan fingerprint density at radius 1 is 1.56 bits per heavy atom. The first-order valence-electron chi connectivity index (χ1n) is 5.83. The minimum Gasteiger partial charge on any atom is -0.469 e. The summed E-state index contributed by atoms with van der Waals surface area (Å²) in [7, 11) is 1.43. The van der Waals surface area contributed by atoms with Crippen molar-refractivity contribution in [3.8, 4) is 0 Å². The highest BCUT2D eigenvalue weighted by molar-refractivity contribution is 5.71. The Kier molecular flexibility index (Phi) is 3.27. The van der Waals surface area contributed by atoms with Crippen molar-refractivity contribution in [1.82, 2.24) is 9.55 Å². The first-order chi connectivity index (χ1) is 7.72. The number of fused-ring (bicyclic) bond motifs is 1. The Morgan fingerprint density at radius 2 is 2.31 bits per heavy atom. The normalized spacial score (nSPS) is 16.6. The Morgan fingerprint density at radius 3 is 3.06 bits per heavy atom. The van der Waals surface area contributed by atoms with E-state index in [2.05, 4.69) is 9.55 Å². The van der Waals surface area contributed by atoms with E-state index >= 15 is 0 Å². The zero-order valence-corrected chi connectivity index (χ0v) is 9.90. The maximum Gasteiger partial charge on any atom is 0.310 e. The van der Waals surface area contributed by atoms with Crippen molar-refractivity contribution >= 4 is 5.97 Å². The van der Waals surface area contributed by atoms with Gasteiger partial charge in [0.25, 0.3) is 0 Å². The van der Waals surface area contributed by atoms with Crippen LogP contribution in [0.15, 0.2) is 6.33 Å². The number of carbonyl (C=O) groups is 1. The molecule has 0 radical (unpaired) electrons. The molecule has 0 saturated heterocycles. The van der Waals surface area contributed by atoms with Gasteiger partial charge in [-0.15, -0.1) is 0 Å². The van der Waals surface area contributed by atoms with Crippen molar-refractivity contribution < 1.29 is 9.53 Å². The highest BCUT2D eigenvalue weighted by Gasteiger charge is 2.19. The Balaban J connectivity index is 2.10. The number of methoxy groups -OCH3 is 1. The predicted molar refractivity (Wildman–Crippen MR) is 60.0 cm³/mol. The lowest BCUT2D eigenvalue weighted by molar-refractivity contribution is -0.145. The zero-order chi connectivity index (χ0) is 11.5. The van der Waals surface area contributed by atoms with Gasteiger partial charge in [-0.3, -0.25) is 4.79 Å². The fraction of sp³-hybridized carbons (Fsp3) is 0.667. The second-order valence-corrected chi connectivity index (χ2v) is 4.42. The number of rotatable bonds is 3. The second kappa shape index (κ2) is 4.68. The highest BCUT2D eigenvalue weighted by atomic mass is 16.5. The third-order valence-electron chi connectivity index (χ3n) is 3.18. The summed E-state index contributed by atoms with van der Waals surface area (Å²) in [4.78, 5) is 15.8. The van der Waals surface area contributed by atoms with E-state index < -0.39 is 0 Å². The minimum atomic E-state index is -0.154. The molecule has 88 valence electrons. The molecule has 0 amide bonds. The van der Waals surface area contributed by atoms with E-state index in [0.29, 0.717) is 6.54 Å². The Hall–Kier alpha value is -1.32. The number of hydrogen-bond donors (Lipinski definition) is 0. The van der Waals surface area contributed by atoms with Crippen molar-refractivity contribution in [2.45, 2.75) is 39.2 Å². The van der Waals surface area contributed by atoms with Crippen LogP contribution in [0.2, 0.25) is 0 Å². The number of carbonyl (C=O) groups excluding carboxylic acids is 1. The van der Waals surface area contributed by atoms with Crippen molar-refractivity contribution in [3.05, 3.63) is 17.7 Å². The van der Waals surface area contributed by atoms with Crippen LogP contribution in [-0.2, 0) is 28.9 Å². The van der Waals surface area contributed by atoms with Gasteiger partial charge in [0.05, 0.1) is 25.0 Å². The topological polar surface area (TPSA) is 44.1 Å². The summed E-state index contributed by atoms with van der Waals surface area (Å²) in [5.74, 6) is -0.261. The van der Waals surface area contributed by atoms with E-state index in [1.54, 1.807) is 0 Å². The summed E-state index contributed by atoms with van der Waals surface area (Å²) in [6.45, 7) is 2.57. The van der Waals surface area contributed by atoms with Crippen molar-refractivity contribution in [2.24, 2.45) is 5.92 Å². The third kappa shape index (κ3) is 2.10. The van der Waals surface area contributed by atoms with Gasteiger partial charge in [-0.2, -0.15) is 0 Å². The summed E-state index contributed by atoms with van der Waals surface area (Å²) in [5, 5.41) is 0. The average molecular weight is 222 g/mol. The minimum absolute atomic E-state index is 0.106. The van der Waals surface area contributed by atoms with Crippen molar-refractivity contribution in [1.29, 1.82) is 0 Å². The lowest BCUT2D eigenvalue weighted by Gasteiger charge is -2.16. The molecular formula is C12H18N2O2. The molecule has 0 fully saturated rings. The van der Waals surface area contributed by atoms with E-state index in [4.69, 9.17) is 4.74 Å². The lowest BCUT2D eigenvalue weighted by Crippen LogP contribution is -2.20. The van der Waals surface area contributed by atoms with Crippen LogP contribution in [0.5, 0.6) is 0 Å². The first kappa shape index (κ1) is 11.2. The van der Waals surface area contributed by atoms with E-state index in [-0.39, 0.29) is 11.9 Å². The van der Waals surface area contributed by atoms with Gasteiger partial charge in [0.1, 0.15) is 0 Å². The highest BCUT2D eigenvalue weighted by Crippen LogP contribution is 2.20. The van der Waals surface area contributed by atoms with Crippen LogP contribution in [0.1, 0.15) is 31.2 Å². The summed E-state index contributed by atoms with van der Waals surface area (Å²) in [5.41, 5.74) is 2.52. The summed E-state index contributed by atoms with van der Waals surface area (Å²) in [6, 6.07) is 0. The van der Waals surface area contributed by atoms with Crippen LogP contribution in [0.3, 0.4) is 0 Å². The van der Waals surface area contributed by atoms with Crippen LogP contribution in [0, 0.1) is 5.92 Å². The monoisotopic (exact) mass is 222 g/mol. The molecule has 0 saturated carbocycles. The third-order valence-corrected chi connectivity index (χ3v) is 3.18. The molecule has 0 aromatic carbocycles. The summed E-state index contributed by atoms with van der Waals surface area (Å²) < 4.78 is 6.84. The molecule has 0 bridgehead atoms. The number of esters is 1. The zero-order valence-electron chi connectivity index (χ0n) is 9.90. The van der Waals surface area contributed by atoms with Crippen LogP contribution < -0.4 is 0 Å². The van der Waals surface area contributed by atoms with Crippen LogP contribution in [0.4, 0.5) is 0 Å². The molecule has 2 rings (SSSR count). The Labute approximate surface area is 95.6 Å². The second-order valence-electron chi connectivity index (χ2n) is 4.42. The standard InChI is InChI=1S/C12H18N2O2/c1-9(12(15)16-2)7-14-8-13-10-5-3-4-6-11(10)14/h8-9H,3-7H2,1-2H3. The van der Waals surface area contributed by atoms with Gasteiger partial charge in [-0.05, 0) is 25.7 Å². The fourth-order valence-electron chi connectivity index (χ4n) is 2.26. The number of hydrogen-bond acceptors (Lipinski definition) is 3. The SMILES string of the molecule is COC(=O)C(C)Cn1cnc2c1CCCC2. The lowest BCUT2D eigenvalue weighted by atomic mass is 10.0. The Bertz CT molecular complexity index is 384. The molecule has 1 heterocycles. The van der Waals surface area contributed by atoms with Gasteiger partial charge in [0, 0.05) is 12.2 Å². The molecule has 0 N–H and O–H groups in total. The van der Waals surface area contributed by atoms with Crippen LogP contribution >= 0.6 is 0 Å². The molecule has 1 aliphatic carbocycles. The first-order valence-corrected chi connectivity index (χ1v) is 5.83. The quantitative estimate of drug-likeness (QED) is 0.729. The number of imidazole rings is 1. The maximum absolute atomic E-state index is 11.4. The maximum atomic E-state index is 11.4. The molecule has 1 aliphatic rings. The number of aryl methyl sites for hydroxylation is 1. The summed E-state index contributed by atoms with van der Waals surface area (Å²) >= 11 is 0. The number of ether oxygens (including phenoxy) is 1. The molecule has 4 nitrogen and oxygen atoms in total. The predicted octanol–water partition coefficient (Wildman–Crippen LogP) is 1.57. The van der Waals surface area contributed by atoms with Gasteiger partial charge in [-0.25, -0.2) is 4.98 Å². The summed E-state index contributed by atoms with van der Waals surface area (Å²) in [6.07, 6.45) is 6.48. The van der Waals surface area contributed by atoms with Gasteiger partial charge >= 0.3 is 5.97 Å². The van der Waals surface area contributed by atoms with Gasteiger partial charge in [0.2, 0.25) is 0 Å². The van der Waals surface area contributed by atoms with Gasteiger partial charge in [0.15, 0.2) is 0 Å². The van der Waals surface area contributed by atoms with Crippen LogP contribution in [0.25, 0.3) is 0 Å². The molecule has 1 aromatic heterocycles. The van der Waals surface area contributed by atoms with Gasteiger partial charge < -0.3 is 9.30 Å². The molecule has 4 heteroatoms. The molecular weight excluding hydrogens is 204 g/mol. The van der Waals surface area contributed by atoms with Crippen molar-refractivity contribution in [2.75, 3.05) is 7.11 Å². The van der Waals surface area contributed by atoms with Crippen molar-refractivity contribution in [3.63, 3.8) is 0 Å². The van der Waals surface area contributed by atoms with E-state index in [1.165, 1.54) is 31.3 Å².